The second-order valence-electron chi connectivity index (χ2n) is 7.92. The monoisotopic (exact) mass is 687 g/mol. The number of amides is 2. The maximum absolute atomic E-state index is 13.0. The van der Waals surface area contributed by atoms with Gasteiger partial charge in [-0.3, -0.25) is 14.5 Å². The van der Waals surface area contributed by atoms with Crippen molar-refractivity contribution in [3.05, 3.63) is 90.1 Å². The zero-order valence-corrected chi connectivity index (χ0v) is 24.5. The number of carbonyl (C=O) groups excluding carboxylic acids is 2. The molecule has 0 spiro atoms. The Balaban J connectivity index is 1.46. The first kappa shape index (κ1) is 28.5. The molecule has 0 atom stereocenters. The summed E-state index contributed by atoms with van der Waals surface area (Å²) >= 11 is 15.2. The van der Waals surface area contributed by atoms with Crippen molar-refractivity contribution in [2.45, 2.75) is 13.5 Å². The third-order valence-corrected chi connectivity index (χ3v) is 7.58. The van der Waals surface area contributed by atoms with Crippen LogP contribution < -0.4 is 14.2 Å². The van der Waals surface area contributed by atoms with E-state index in [-0.39, 0.29) is 35.7 Å². The molecular weight excluding hydrogens is 667 g/mol. The van der Waals surface area contributed by atoms with Gasteiger partial charge >= 0.3 is 0 Å². The lowest BCUT2D eigenvalue weighted by atomic mass is 10.1. The highest BCUT2D eigenvalue weighted by Gasteiger charge is 2.35. The fraction of sp³-hybridized carbons (Fsp3) is 0.185. The maximum atomic E-state index is 13.0. The fourth-order valence-electron chi connectivity index (χ4n) is 3.49. The molecular formula is C27H21Cl2FINO5S. The molecule has 198 valence electrons. The summed E-state index contributed by atoms with van der Waals surface area (Å²) in [6, 6.07) is 14.3. The Hall–Kier alpha value is -2.47. The molecule has 0 saturated carbocycles. The number of hydrogen-bond acceptors (Lipinski definition) is 6. The zero-order valence-electron chi connectivity index (χ0n) is 20.0. The lowest BCUT2D eigenvalue weighted by molar-refractivity contribution is -0.123. The van der Waals surface area contributed by atoms with Crippen LogP contribution >= 0.6 is 57.6 Å². The Morgan fingerprint density at radius 1 is 1.03 bits per heavy atom. The van der Waals surface area contributed by atoms with E-state index in [0.717, 1.165) is 25.8 Å². The van der Waals surface area contributed by atoms with Crippen LogP contribution in [0.2, 0.25) is 10.0 Å². The second-order valence-corrected chi connectivity index (χ2v) is 10.9. The molecule has 1 fully saturated rings. The Kier molecular flexibility index (Phi) is 9.80. The van der Waals surface area contributed by atoms with Crippen molar-refractivity contribution in [3.63, 3.8) is 0 Å². The third kappa shape index (κ3) is 7.13. The Morgan fingerprint density at radius 2 is 1.79 bits per heavy atom. The van der Waals surface area contributed by atoms with Gasteiger partial charge in [-0.1, -0.05) is 29.3 Å². The average Bonchev–Trinajstić information content (AvgIpc) is 3.13. The number of rotatable bonds is 10. The van der Waals surface area contributed by atoms with Crippen LogP contribution in [0.15, 0.2) is 59.5 Å². The van der Waals surface area contributed by atoms with Crippen LogP contribution in [-0.4, -0.2) is 35.8 Å². The highest BCUT2D eigenvalue weighted by Crippen LogP contribution is 2.38. The predicted molar refractivity (Wildman–Crippen MR) is 156 cm³/mol. The van der Waals surface area contributed by atoms with Gasteiger partial charge in [-0.25, -0.2) is 4.39 Å². The first-order valence-corrected chi connectivity index (χ1v) is 14.1. The highest BCUT2D eigenvalue weighted by atomic mass is 127. The van der Waals surface area contributed by atoms with Crippen LogP contribution in [-0.2, 0) is 11.4 Å². The van der Waals surface area contributed by atoms with Crippen molar-refractivity contribution in [1.29, 1.82) is 0 Å². The molecule has 0 radical (unpaired) electrons. The molecule has 1 aliphatic rings. The number of benzene rings is 3. The molecule has 1 saturated heterocycles. The topological polar surface area (TPSA) is 65.1 Å². The van der Waals surface area contributed by atoms with Crippen LogP contribution in [0.1, 0.15) is 18.1 Å². The number of halogens is 4. The number of ether oxygens (including phenoxy) is 3. The van der Waals surface area contributed by atoms with E-state index in [9.17, 15) is 14.0 Å². The summed E-state index contributed by atoms with van der Waals surface area (Å²) < 4.78 is 31.2. The van der Waals surface area contributed by atoms with Gasteiger partial charge in [0.05, 0.1) is 21.6 Å². The Morgan fingerprint density at radius 3 is 2.50 bits per heavy atom. The number of thioether (sulfide) groups is 1. The van der Waals surface area contributed by atoms with Gasteiger partial charge in [-0.05, 0) is 101 Å². The lowest BCUT2D eigenvalue weighted by Gasteiger charge is -2.15. The molecule has 0 bridgehead atoms. The zero-order chi connectivity index (χ0) is 27.2. The summed E-state index contributed by atoms with van der Waals surface area (Å²) in [7, 11) is 0. The summed E-state index contributed by atoms with van der Waals surface area (Å²) in [6.45, 7) is 2.64. The Labute approximate surface area is 247 Å². The van der Waals surface area contributed by atoms with Gasteiger partial charge in [0.2, 0.25) is 0 Å². The van der Waals surface area contributed by atoms with Crippen LogP contribution in [0.5, 0.6) is 17.2 Å². The molecule has 11 heteroatoms. The molecule has 0 aliphatic carbocycles. The van der Waals surface area contributed by atoms with E-state index < -0.39 is 5.91 Å². The first-order chi connectivity index (χ1) is 18.2. The normalized spacial score (nSPS) is 14.3. The summed E-state index contributed by atoms with van der Waals surface area (Å²) in [6.07, 6.45) is 1.65. The van der Waals surface area contributed by atoms with Crippen molar-refractivity contribution in [2.75, 3.05) is 19.8 Å². The highest BCUT2D eigenvalue weighted by molar-refractivity contribution is 14.1. The molecule has 3 aromatic carbocycles. The van der Waals surface area contributed by atoms with Gasteiger partial charge in [0, 0.05) is 15.6 Å². The number of hydrogen-bond donors (Lipinski definition) is 0. The molecule has 1 heterocycles. The second kappa shape index (κ2) is 13.1. The van der Waals surface area contributed by atoms with Crippen molar-refractivity contribution in [3.8, 4) is 17.2 Å². The van der Waals surface area contributed by atoms with E-state index in [1.54, 1.807) is 30.3 Å². The van der Waals surface area contributed by atoms with E-state index in [1.807, 2.05) is 13.0 Å². The minimum atomic E-state index is -0.409. The van der Waals surface area contributed by atoms with Crippen LogP contribution in [0.4, 0.5) is 9.18 Å². The molecule has 0 unspecified atom stereocenters. The van der Waals surface area contributed by atoms with Crippen LogP contribution in [0.3, 0.4) is 0 Å². The standard InChI is InChI=1S/C27H21Cl2FINO5S/c1-2-35-23-12-16(11-22(31)25(23)37-15-17-3-4-18(28)14-21(17)29)13-24-26(33)32(27(34)38-24)9-10-36-20-7-5-19(30)6-8-20/h3-8,11-14H,2,9-10,15H2,1H3/b24-13-. The van der Waals surface area contributed by atoms with E-state index in [1.165, 1.54) is 24.3 Å². The molecule has 4 rings (SSSR count). The first-order valence-electron chi connectivity index (χ1n) is 11.4. The van der Waals surface area contributed by atoms with E-state index in [0.29, 0.717) is 39.5 Å². The summed E-state index contributed by atoms with van der Waals surface area (Å²) in [5, 5.41) is 0.655. The smallest absolute Gasteiger partial charge is 0.293 e. The van der Waals surface area contributed by atoms with E-state index in [4.69, 9.17) is 37.4 Å². The molecule has 1 aliphatic heterocycles. The summed E-state index contributed by atoms with van der Waals surface area (Å²) in [5.74, 6) is 0.714. The van der Waals surface area contributed by atoms with Gasteiger partial charge in [0.25, 0.3) is 11.1 Å². The van der Waals surface area contributed by atoms with Gasteiger partial charge in [0.1, 0.15) is 24.8 Å². The van der Waals surface area contributed by atoms with Gasteiger partial charge in [0.15, 0.2) is 11.5 Å². The minimum absolute atomic E-state index is 0.0706. The molecule has 38 heavy (non-hydrogen) atoms. The fourth-order valence-corrected chi connectivity index (χ4v) is 5.60. The van der Waals surface area contributed by atoms with Crippen molar-refractivity contribution >= 4 is 74.8 Å². The molecule has 2 amide bonds. The molecule has 6 nitrogen and oxygen atoms in total. The molecule has 0 N–H and O–H groups in total. The Bertz CT molecular complexity index is 1390. The minimum Gasteiger partial charge on any atom is -0.492 e. The summed E-state index contributed by atoms with van der Waals surface area (Å²) in [4.78, 5) is 26.8. The molecule has 3 aromatic rings. The number of nitrogens with zero attached hydrogens (tertiary/aromatic N) is 1. The number of imide groups is 1. The molecule has 0 aromatic heterocycles. The SMILES string of the molecule is CCOc1cc(/C=C2\SC(=O)N(CCOc3ccc(F)cc3)C2=O)cc(I)c1OCc1ccc(Cl)cc1Cl. The third-order valence-electron chi connectivity index (χ3n) is 5.29. The van der Waals surface area contributed by atoms with Crippen molar-refractivity contribution in [1.82, 2.24) is 4.90 Å². The van der Waals surface area contributed by atoms with Crippen molar-refractivity contribution in [2.24, 2.45) is 0 Å². The van der Waals surface area contributed by atoms with E-state index in [2.05, 4.69) is 22.6 Å². The number of carbonyl (C=O) groups is 2. The predicted octanol–water partition coefficient (Wildman–Crippen LogP) is 7.83. The van der Waals surface area contributed by atoms with Crippen molar-refractivity contribution < 1.29 is 28.2 Å². The average molecular weight is 688 g/mol. The summed E-state index contributed by atoms with van der Waals surface area (Å²) in [5.41, 5.74) is 1.46. The van der Waals surface area contributed by atoms with Crippen LogP contribution in [0, 0.1) is 9.39 Å². The quantitative estimate of drug-likeness (QED) is 0.160. The maximum Gasteiger partial charge on any atom is 0.293 e. The van der Waals surface area contributed by atoms with Gasteiger partial charge < -0.3 is 14.2 Å². The van der Waals surface area contributed by atoms with Gasteiger partial charge in [-0.15, -0.1) is 0 Å². The van der Waals surface area contributed by atoms with Gasteiger partial charge in [-0.2, -0.15) is 0 Å². The van der Waals surface area contributed by atoms with Crippen LogP contribution in [0.25, 0.3) is 6.08 Å². The van der Waals surface area contributed by atoms with E-state index >= 15 is 0 Å². The lowest BCUT2D eigenvalue weighted by Crippen LogP contribution is -2.32. The largest absolute Gasteiger partial charge is 0.492 e.